The summed E-state index contributed by atoms with van der Waals surface area (Å²) in [6.45, 7) is 16.6. The van der Waals surface area contributed by atoms with Crippen LogP contribution in [0.4, 0.5) is 0 Å². The summed E-state index contributed by atoms with van der Waals surface area (Å²) in [6.07, 6.45) is 0.820. The summed E-state index contributed by atoms with van der Waals surface area (Å²) in [5, 5.41) is 20.8. The smallest absolute Gasteiger partial charge is 0.339 e. The molecule has 0 saturated carbocycles. The number of carbonyl (C=O) groups is 1. The Morgan fingerprint density at radius 3 is 1.93 bits per heavy atom. The third-order valence-electron chi connectivity index (χ3n) is 5.64. The number of hydrogen-bond acceptors (Lipinski definition) is 2. The van der Waals surface area contributed by atoms with Crippen molar-refractivity contribution in [1.82, 2.24) is 0 Å². The Bertz CT molecular complexity index is 869. The van der Waals surface area contributed by atoms with Crippen LogP contribution in [0.5, 0.6) is 5.75 Å². The molecule has 3 heteroatoms. The topological polar surface area (TPSA) is 57.5 Å². The number of hydrogen-bond donors (Lipinski definition) is 2. The quantitative estimate of drug-likeness (QED) is 0.626. The number of carboxylic acids is 1. The van der Waals surface area contributed by atoms with Crippen molar-refractivity contribution in [2.75, 3.05) is 0 Å². The number of aromatic carboxylic acids is 1. The normalized spacial score (nSPS) is 12.9. The van der Waals surface area contributed by atoms with Crippen molar-refractivity contribution in [2.45, 2.75) is 72.6 Å². The Morgan fingerprint density at radius 1 is 0.929 bits per heavy atom. The molecule has 2 N–H and O–H groups in total. The van der Waals surface area contributed by atoms with E-state index in [1.807, 2.05) is 24.3 Å². The molecule has 152 valence electrons. The molecule has 0 radical (unpaired) electrons. The molecule has 0 heterocycles. The summed E-state index contributed by atoms with van der Waals surface area (Å²) < 4.78 is 0. The van der Waals surface area contributed by atoms with Crippen molar-refractivity contribution < 1.29 is 15.0 Å². The van der Waals surface area contributed by atoms with Crippen molar-refractivity contribution in [2.24, 2.45) is 5.41 Å². The lowest BCUT2D eigenvalue weighted by Gasteiger charge is -2.36. The molecule has 0 aliphatic heterocycles. The van der Waals surface area contributed by atoms with Crippen LogP contribution < -0.4 is 0 Å². The van der Waals surface area contributed by atoms with Crippen molar-refractivity contribution in [3.63, 3.8) is 0 Å². The SMILES string of the molecule is Cc1c(C(C)(C)c2ccccc2)cc(C(C)(C)CC(C)(C)C)c(O)c1C(=O)O. The summed E-state index contributed by atoms with van der Waals surface area (Å²) in [5.74, 6) is -1.19. The third-order valence-corrected chi connectivity index (χ3v) is 5.64. The van der Waals surface area contributed by atoms with Gasteiger partial charge in [0.25, 0.3) is 0 Å². The van der Waals surface area contributed by atoms with Crippen molar-refractivity contribution in [1.29, 1.82) is 0 Å². The predicted molar refractivity (Wildman–Crippen MR) is 115 cm³/mol. The van der Waals surface area contributed by atoms with E-state index in [4.69, 9.17) is 0 Å². The summed E-state index contributed by atoms with van der Waals surface area (Å²) >= 11 is 0. The summed E-state index contributed by atoms with van der Waals surface area (Å²) in [6, 6.07) is 12.1. The van der Waals surface area contributed by atoms with Gasteiger partial charge in [0.15, 0.2) is 0 Å². The maximum absolute atomic E-state index is 12.1. The van der Waals surface area contributed by atoms with Gasteiger partial charge in [-0.15, -0.1) is 0 Å². The Kier molecular flexibility index (Phi) is 5.71. The molecular formula is C25H34O3. The first-order valence-electron chi connectivity index (χ1n) is 9.85. The fourth-order valence-electron chi connectivity index (χ4n) is 4.63. The number of rotatable bonds is 5. The van der Waals surface area contributed by atoms with Crippen LogP contribution in [0.2, 0.25) is 0 Å². The summed E-state index contributed by atoms with van der Waals surface area (Å²) in [5.41, 5.74) is 2.65. The second kappa shape index (κ2) is 7.27. The zero-order chi connectivity index (χ0) is 21.5. The zero-order valence-corrected chi connectivity index (χ0v) is 18.5. The molecule has 2 aromatic carbocycles. The van der Waals surface area contributed by atoms with Crippen LogP contribution in [0.15, 0.2) is 36.4 Å². The molecule has 0 aliphatic carbocycles. The van der Waals surface area contributed by atoms with Crippen LogP contribution in [0.1, 0.15) is 87.5 Å². The molecule has 0 unspecified atom stereocenters. The molecule has 2 rings (SSSR count). The largest absolute Gasteiger partial charge is 0.507 e. The lowest BCUT2D eigenvalue weighted by Crippen LogP contribution is -2.28. The minimum absolute atomic E-state index is 0.0125. The minimum Gasteiger partial charge on any atom is -0.507 e. The van der Waals surface area contributed by atoms with Crippen LogP contribution in [0, 0.1) is 12.3 Å². The molecule has 3 nitrogen and oxygen atoms in total. The van der Waals surface area contributed by atoms with Gasteiger partial charge in [0.2, 0.25) is 0 Å². The Morgan fingerprint density at radius 2 is 1.46 bits per heavy atom. The molecular weight excluding hydrogens is 348 g/mol. The number of benzene rings is 2. The molecule has 0 fully saturated rings. The van der Waals surface area contributed by atoms with Gasteiger partial charge in [0.1, 0.15) is 11.3 Å². The average molecular weight is 383 g/mol. The monoisotopic (exact) mass is 382 g/mol. The second-order valence-electron chi connectivity index (χ2n) is 10.2. The van der Waals surface area contributed by atoms with E-state index in [1.165, 1.54) is 0 Å². The zero-order valence-electron chi connectivity index (χ0n) is 18.5. The third kappa shape index (κ3) is 4.24. The molecule has 28 heavy (non-hydrogen) atoms. The molecule has 0 saturated heterocycles. The molecule has 0 aliphatic rings. The molecule has 0 spiro atoms. The standard InChI is InChI=1S/C25H34O3/c1-16-18(25(7,8)17-12-10-9-11-13-17)14-19(21(26)20(16)22(27)28)24(5,6)15-23(2,3)4/h9-14,26H,15H2,1-8H3,(H,27,28). The molecule has 0 atom stereocenters. The van der Waals surface area contributed by atoms with Gasteiger partial charge >= 0.3 is 5.97 Å². The van der Waals surface area contributed by atoms with Gasteiger partial charge in [-0.05, 0) is 40.9 Å². The van der Waals surface area contributed by atoms with E-state index in [0.29, 0.717) is 11.1 Å². The van der Waals surface area contributed by atoms with Gasteiger partial charge in [0, 0.05) is 11.0 Å². The highest BCUT2D eigenvalue weighted by Crippen LogP contribution is 2.45. The van der Waals surface area contributed by atoms with E-state index in [9.17, 15) is 15.0 Å². The molecule has 0 amide bonds. The van der Waals surface area contributed by atoms with E-state index >= 15 is 0 Å². The summed E-state index contributed by atoms with van der Waals surface area (Å²) in [4.78, 5) is 12.1. The van der Waals surface area contributed by atoms with Crippen molar-refractivity contribution >= 4 is 5.97 Å². The van der Waals surface area contributed by atoms with Gasteiger partial charge in [-0.25, -0.2) is 4.79 Å². The number of carboxylic acid groups (broad SMARTS) is 1. The van der Waals surface area contributed by atoms with E-state index < -0.39 is 11.4 Å². The Hall–Kier alpha value is -2.29. The first-order chi connectivity index (χ1) is 12.7. The lowest BCUT2D eigenvalue weighted by molar-refractivity contribution is 0.0692. The number of phenols is 1. The van der Waals surface area contributed by atoms with Gasteiger partial charge in [-0.2, -0.15) is 0 Å². The fraction of sp³-hybridized carbons (Fsp3) is 0.480. The van der Waals surface area contributed by atoms with E-state index in [0.717, 1.165) is 17.5 Å². The minimum atomic E-state index is -1.09. The van der Waals surface area contributed by atoms with Crippen LogP contribution in [-0.2, 0) is 10.8 Å². The van der Waals surface area contributed by atoms with Gasteiger partial charge in [-0.1, -0.05) is 84.9 Å². The highest BCUT2D eigenvalue weighted by atomic mass is 16.4. The van der Waals surface area contributed by atoms with Gasteiger partial charge in [0.05, 0.1) is 0 Å². The Labute approximate surface area is 169 Å². The first kappa shape index (κ1) is 22.0. The summed E-state index contributed by atoms with van der Waals surface area (Å²) in [7, 11) is 0. The highest BCUT2D eigenvalue weighted by Gasteiger charge is 2.36. The van der Waals surface area contributed by atoms with E-state index in [2.05, 4.69) is 60.6 Å². The van der Waals surface area contributed by atoms with Crippen LogP contribution in [0.3, 0.4) is 0 Å². The first-order valence-corrected chi connectivity index (χ1v) is 9.85. The van der Waals surface area contributed by atoms with Gasteiger partial charge < -0.3 is 10.2 Å². The maximum Gasteiger partial charge on any atom is 0.339 e. The number of aromatic hydroxyl groups is 1. The maximum atomic E-state index is 12.1. The fourth-order valence-corrected chi connectivity index (χ4v) is 4.63. The van der Waals surface area contributed by atoms with Crippen LogP contribution >= 0.6 is 0 Å². The predicted octanol–water partition coefficient (Wildman–Crippen LogP) is 6.44. The van der Waals surface area contributed by atoms with Crippen LogP contribution in [0.25, 0.3) is 0 Å². The van der Waals surface area contributed by atoms with E-state index in [-0.39, 0.29) is 22.1 Å². The second-order valence-corrected chi connectivity index (χ2v) is 10.2. The van der Waals surface area contributed by atoms with E-state index in [1.54, 1.807) is 6.92 Å². The lowest BCUT2D eigenvalue weighted by atomic mass is 9.68. The van der Waals surface area contributed by atoms with Crippen LogP contribution in [-0.4, -0.2) is 16.2 Å². The highest BCUT2D eigenvalue weighted by molar-refractivity contribution is 5.94. The molecule has 0 aromatic heterocycles. The Balaban J connectivity index is 2.82. The van der Waals surface area contributed by atoms with Gasteiger partial charge in [-0.3, -0.25) is 0 Å². The molecule has 0 bridgehead atoms. The molecule has 2 aromatic rings. The van der Waals surface area contributed by atoms with Crippen molar-refractivity contribution in [3.8, 4) is 5.75 Å². The van der Waals surface area contributed by atoms with Crippen molar-refractivity contribution in [3.05, 3.63) is 64.2 Å². The average Bonchev–Trinajstić information content (AvgIpc) is 2.52.